The van der Waals surface area contributed by atoms with Crippen LogP contribution >= 0.6 is 11.3 Å². The van der Waals surface area contributed by atoms with Crippen molar-refractivity contribution in [1.29, 1.82) is 0 Å². The lowest BCUT2D eigenvalue weighted by atomic mass is 10.3. The number of aromatic carboxylic acids is 1. The second kappa shape index (κ2) is 4.28. The molecule has 0 unspecified atom stereocenters. The topological polar surface area (TPSA) is 75.1 Å². The van der Waals surface area contributed by atoms with Crippen LogP contribution in [0.25, 0.3) is 0 Å². The number of hydrogen-bond donors (Lipinski definition) is 2. The summed E-state index contributed by atoms with van der Waals surface area (Å²) in [5, 5.41) is 12.3. The molecule has 0 fully saturated rings. The lowest BCUT2D eigenvalue weighted by Crippen LogP contribution is -1.93. The van der Waals surface area contributed by atoms with Gasteiger partial charge in [-0.2, -0.15) is 0 Å². The van der Waals surface area contributed by atoms with Crippen LogP contribution in [0.2, 0.25) is 0 Å². The molecular weight excluding hydrogens is 226 g/mol. The fourth-order valence-electron chi connectivity index (χ4n) is 1.16. The number of carboxylic acids is 1. The Balaban J connectivity index is 2.21. The molecule has 0 saturated carbocycles. The Bertz CT molecular complexity index is 524. The number of aromatic nitrogens is 2. The fraction of sp³-hybridized carbons (Fsp3) is 0.100. The molecule has 2 N–H and O–H groups in total. The van der Waals surface area contributed by atoms with Crippen molar-refractivity contribution in [2.75, 3.05) is 5.32 Å². The molecule has 0 atom stereocenters. The zero-order valence-electron chi connectivity index (χ0n) is 8.47. The van der Waals surface area contributed by atoms with E-state index < -0.39 is 5.97 Å². The molecule has 0 aliphatic carbocycles. The van der Waals surface area contributed by atoms with Crippen molar-refractivity contribution < 1.29 is 9.90 Å². The van der Waals surface area contributed by atoms with Gasteiger partial charge in [-0.25, -0.2) is 9.78 Å². The van der Waals surface area contributed by atoms with E-state index in [1.807, 2.05) is 13.0 Å². The maximum Gasteiger partial charge on any atom is 0.347 e. The zero-order chi connectivity index (χ0) is 11.5. The molecule has 0 aliphatic rings. The highest BCUT2D eigenvalue weighted by molar-refractivity contribution is 7.17. The van der Waals surface area contributed by atoms with Crippen LogP contribution in [-0.2, 0) is 0 Å². The number of nitrogens with one attached hydrogen (secondary N) is 1. The number of carboxylic acid groups (broad SMARTS) is 1. The highest BCUT2D eigenvalue weighted by Gasteiger charge is 2.09. The Morgan fingerprint density at radius 3 is 2.94 bits per heavy atom. The molecule has 0 aliphatic heterocycles. The van der Waals surface area contributed by atoms with E-state index in [2.05, 4.69) is 15.3 Å². The molecule has 0 spiro atoms. The first-order valence-electron chi connectivity index (χ1n) is 4.54. The van der Waals surface area contributed by atoms with Gasteiger partial charge in [0.2, 0.25) is 0 Å². The van der Waals surface area contributed by atoms with E-state index in [9.17, 15) is 4.79 Å². The number of carbonyl (C=O) groups is 1. The lowest BCUT2D eigenvalue weighted by Gasteiger charge is -2.04. The van der Waals surface area contributed by atoms with Gasteiger partial charge < -0.3 is 10.4 Å². The molecule has 2 aromatic rings. The SMILES string of the molecule is Cc1ncccc1Nc1ncc(C(=O)O)s1. The van der Waals surface area contributed by atoms with Crippen LogP contribution < -0.4 is 5.32 Å². The maximum atomic E-state index is 10.7. The Morgan fingerprint density at radius 2 is 2.31 bits per heavy atom. The highest BCUT2D eigenvalue weighted by Crippen LogP contribution is 2.23. The van der Waals surface area contributed by atoms with Gasteiger partial charge in [-0.1, -0.05) is 11.3 Å². The summed E-state index contributed by atoms with van der Waals surface area (Å²) in [6.07, 6.45) is 3.03. The van der Waals surface area contributed by atoms with Gasteiger partial charge in [0.1, 0.15) is 4.88 Å². The molecule has 0 radical (unpaired) electrons. The summed E-state index contributed by atoms with van der Waals surface area (Å²) in [6, 6.07) is 3.67. The first kappa shape index (κ1) is 10.6. The van der Waals surface area contributed by atoms with Crippen LogP contribution in [0.15, 0.2) is 24.5 Å². The number of nitrogens with zero attached hydrogens (tertiary/aromatic N) is 2. The van der Waals surface area contributed by atoms with Crippen molar-refractivity contribution in [3.05, 3.63) is 35.1 Å². The summed E-state index contributed by atoms with van der Waals surface area (Å²) in [5.74, 6) is -0.964. The summed E-state index contributed by atoms with van der Waals surface area (Å²) >= 11 is 1.09. The third-order valence-corrected chi connectivity index (χ3v) is 2.87. The molecule has 2 rings (SSSR count). The number of aryl methyl sites for hydroxylation is 1. The van der Waals surface area contributed by atoms with E-state index in [0.29, 0.717) is 5.13 Å². The fourth-order valence-corrected chi connectivity index (χ4v) is 1.83. The zero-order valence-corrected chi connectivity index (χ0v) is 9.28. The normalized spacial score (nSPS) is 10.1. The maximum absolute atomic E-state index is 10.7. The molecule has 16 heavy (non-hydrogen) atoms. The van der Waals surface area contributed by atoms with Crippen LogP contribution in [0, 0.1) is 6.92 Å². The average Bonchev–Trinajstić information content (AvgIpc) is 2.70. The van der Waals surface area contributed by atoms with E-state index >= 15 is 0 Å². The molecular formula is C10H9N3O2S. The number of pyridine rings is 1. The minimum absolute atomic E-state index is 0.212. The molecule has 0 amide bonds. The Labute approximate surface area is 95.8 Å². The summed E-state index contributed by atoms with van der Waals surface area (Å²) in [6.45, 7) is 1.87. The number of hydrogen-bond acceptors (Lipinski definition) is 5. The van der Waals surface area contributed by atoms with Crippen molar-refractivity contribution >= 4 is 28.1 Å². The Kier molecular flexibility index (Phi) is 2.82. The van der Waals surface area contributed by atoms with Crippen LogP contribution in [0.4, 0.5) is 10.8 Å². The monoisotopic (exact) mass is 235 g/mol. The average molecular weight is 235 g/mol. The van der Waals surface area contributed by atoms with Crippen molar-refractivity contribution in [2.45, 2.75) is 6.92 Å². The van der Waals surface area contributed by atoms with Gasteiger partial charge >= 0.3 is 5.97 Å². The molecule has 5 nitrogen and oxygen atoms in total. The van der Waals surface area contributed by atoms with E-state index in [1.165, 1.54) is 6.20 Å². The summed E-state index contributed by atoms with van der Waals surface area (Å²) < 4.78 is 0. The van der Waals surface area contributed by atoms with E-state index in [0.717, 1.165) is 22.7 Å². The van der Waals surface area contributed by atoms with Gasteiger partial charge in [-0.3, -0.25) is 4.98 Å². The first-order valence-corrected chi connectivity index (χ1v) is 5.36. The van der Waals surface area contributed by atoms with Crippen LogP contribution in [0.5, 0.6) is 0 Å². The molecule has 2 aromatic heterocycles. The smallest absolute Gasteiger partial charge is 0.347 e. The quantitative estimate of drug-likeness (QED) is 0.853. The molecule has 0 aromatic carbocycles. The minimum atomic E-state index is -0.964. The van der Waals surface area contributed by atoms with E-state index in [1.54, 1.807) is 12.3 Å². The largest absolute Gasteiger partial charge is 0.477 e. The molecule has 6 heteroatoms. The molecule has 82 valence electrons. The van der Waals surface area contributed by atoms with E-state index in [-0.39, 0.29) is 4.88 Å². The predicted octanol–water partition coefficient (Wildman–Crippen LogP) is 2.29. The second-order valence-corrected chi connectivity index (χ2v) is 4.13. The summed E-state index contributed by atoms with van der Waals surface area (Å²) in [4.78, 5) is 19.0. The molecule has 2 heterocycles. The van der Waals surface area contributed by atoms with Gasteiger partial charge in [0, 0.05) is 6.20 Å². The van der Waals surface area contributed by atoms with E-state index in [4.69, 9.17) is 5.11 Å². The lowest BCUT2D eigenvalue weighted by molar-refractivity contribution is 0.0702. The Hall–Kier alpha value is -1.95. The van der Waals surface area contributed by atoms with Crippen molar-refractivity contribution in [3.8, 4) is 0 Å². The van der Waals surface area contributed by atoms with Crippen molar-refractivity contribution in [1.82, 2.24) is 9.97 Å². The third-order valence-electron chi connectivity index (χ3n) is 1.97. The summed E-state index contributed by atoms with van der Waals surface area (Å²) in [7, 11) is 0. The molecule has 0 saturated heterocycles. The summed E-state index contributed by atoms with van der Waals surface area (Å²) in [5.41, 5.74) is 1.67. The van der Waals surface area contributed by atoms with Gasteiger partial charge in [0.25, 0.3) is 0 Å². The van der Waals surface area contributed by atoms with Crippen molar-refractivity contribution in [3.63, 3.8) is 0 Å². The van der Waals surface area contributed by atoms with Gasteiger partial charge in [-0.15, -0.1) is 0 Å². The highest BCUT2D eigenvalue weighted by atomic mass is 32.1. The molecule has 0 bridgehead atoms. The first-order chi connectivity index (χ1) is 7.66. The van der Waals surface area contributed by atoms with Crippen molar-refractivity contribution in [2.24, 2.45) is 0 Å². The Morgan fingerprint density at radius 1 is 1.50 bits per heavy atom. The standard InChI is InChI=1S/C10H9N3O2S/c1-6-7(3-2-4-11-6)13-10-12-5-8(16-10)9(14)15/h2-5H,1H3,(H,12,13)(H,14,15). The number of anilines is 2. The van der Waals surface area contributed by atoms with Gasteiger partial charge in [-0.05, 0) is 19.1 Å². The second-order valence-electron chi connectivity index (χ2n) is 3.10. The number of rotatable bonds is 3. The van der Waals surface area contributed by atoms with Crippen LogP contribution in [0.3, 0.4) is 0 Å². The third kappa shape index (κ3) is 2.17. The number of thiazole rings is 1. The van der Waals surface area contributed by atoms with Gasteiger partial charge in [0.05, 0.1) is 17.6 Å². The van der Waals surface area contributed by atoms with Crippen LogP contribution in [0.1, 0.15) is 15.4 Å². The van der Waals surface area contributed by atoms with Crippen LogP contribution in [-0.4, -0.2) is 21.0 Å². The van der Waals surface area contributed by atoms with Gasteiger partial charge in [0.15, 0.2) is 5.13 Å². The minimum Gasteiger partial charge on any atom is -0.477 e. The predicted molar refractivity (Wildman–Crippen MR) is 61.3 cm³/mol.